The topological polar surface area (TPSA) is 93.1 Å². The number of aliphatic carboxylic acids is 1. The molecule has 1 heterocycles. The molecule has 1 aliphatic heterocycles. The number of hydrogen-bond acceptors (Lipinski definition) is 5. The molecular weight excluding hydrogens is 242 g/mol. The lowest BCUT2D eigenvalue weighted by molar-refractivity contribution is -0.385. The number of carbonyl (C=O) groups excluding carboxylic acids is 2. The average Bonchev–Trinajstić information content (AvgIpc) is 2.59. The van der Waals surface area contributed by atoms with Crippen LogP contribution in [0.3, 0.4) is 0 Å². The number of carboxylic acids is 1. The van der Waals surface area contributed by atoms with Gasteiger partial charge in [-0.3, -0.25) is 14.4 Å². The van der Waals surface area contributed by atoms with Crippen LogP contribution in [0.2, 0.25) is 0 Å². The maximum Gasteiger partial charge on any atom is 0.305 e. The summed E-state index contributed by atoms with van der Waals surface area (Å²) in [5, 5.41) is 8.83. The number of hydroxylamine groups is 2. The van der Waals surface area contributed by atoms with Gasteiger partial charge in [0, 0.05) is 0 Å². The first kappa shape index (κ1) is 12.2. The highest BCUT2D eigenvalue weighted by molar-refractivity contribution is 6.20. The van der Waals surface area contributed by atoms with Crippen molar-refractivity contribution in [3.05, 3.63) is 35.4 Å². The summed E-state index contributed by atoms with van der Waals surface area (Å²) in [5.41, 5.74) is 0.452. The summed E-state index contributed by atoms with van der Waals surface area (Å²) in [6.45, 7) is -0.261. The summed E-state index contributed by atoms with van der Waals surface area (Å²) < 4.78 is 0. The molecule has 0 spiro atoms. The SMILES string of the molecule is O=C(O)CCOON1C(=O)c2ccccc2C1=O. The molecule has 1 aromatic rings. The van der Waals surface area contributed by atoms with Crippen LogP contribution in [0.4, 0.5) is 0 Å². The maximum atomic E-state index is 11.7. The van der Waals surface area contributed by atoms with Crippen molar-refractivity contribution >= 4 is 17.8 Å². The predicted octanol–water partition coefficient (Wildman–Crippen LogP) is 0.621. The molecule has 7 heteroatoms. The van der Waals surface area contributed by atoms with Gasteiger partial charge in [0.15, 0.2) is 0 Å². The van der Waals surface area contributed by atoms with Crippen molar-refractivity contribution in [2.75, 3.05) is 6.61 Å². The molecule has 0 saturated heterocycles. The fourth-order valence-electron chi connectivity index (χ4n) is 1.45. The van der Waals surface area contributed by atoms with Gasteiger partial charge in [0.1, 0.15) is 0 Å². The highest BCUT2D eigenvalue weighted by atomic mass is 17.3. The van der Waals surface area contributed by atoms with Gasteiger partial charge in [0.2, 0.25) is 0 Å². The summed E-state index contributed by atoms with van der Waals surface area (Å²) in [6.07, 6.45) is -0.289. The van der Waals surface area contributed by atoms with Gasteiger partial charge < -0.3 is 5.11 Å². The molecule has 0 fully saturated rings. The number of rotatable bonds is 5. The van der Waals surface area contributed by atoms with Crippen molar-refractivity contribution in [2.45, 2.75) is 6.42 Å². The second-order valence-corrected chi connectivity index (χ2v) is 3.49. The lowest BCUT2D eigenvalue weighted by Gasteiger charge is -2.10. The first-order chi connectivity index (χ1) is 8.61. The third-order valence-electron chi connectivity index (χ3n) is 2.28. The monoisotopic (exact) mass is 251 g/mol. The van der Waals surface area contributed by atoms with E-state index in [1.165, 1.54) is 12.1 Å². The molecule has 18 heavy (non-hydrogen) atoms. The van der Waals surface area contributed by atoms with Crippen molar-refractivity contribution in [1.29, 1.82) is 0 Å². The molecule has 1 aliphatic rings. The summed E-state index contributed by atoms with van der Waals surface area (Å²) in [4.78, 5) is 42.7. The Hall–Kier alpha value is -2.25. The molecule has 0 radical (unpaired) electrons. The van der Waals surface area contributed by atoms with E-state index in [1.54, 1.807) is 12.1 Å². The molecule has 0 unspecified atom stereocenters. The van der Waals surface area contributed by atoms with Gasteiger partial charge in [0.05, 0.1) is 24.2 Å². The third-order valence-corrected chi connectivity index (χ3v) is 2.28. The summed E-state index contributed by atoms with van der Waals surface area (Å²) in [5.74, 6) is -2.34. The zero-order chi connectivity index (χ0) is 13.1. The fraction of sp³-hybridized carbons (Fsp3) is 0.182. The van der Waals surface area contributed by atoms with Crippen LogP contribution < -0.4 is 0 Å². The van der Waals surface area contributed by atoms with Gasteiger partial charge in [-0.05, 0) is 12.1 Å². The molecule has 1 aromatic carbocycles. The lowest BCUT2D eigenvalue weighted by Crippen LogP contribution is -2.30. The highest BCUT2D eigenvalue weighted by Gasteiger charge is 2.37. The van der Waals surface area contributed by atoms with Gasteiger partial charge in [-0.15, -0.1) is 10.1 Å². The molecule has 94 valence electrons. The lowest BCUT2D eigenvalue weighted by atomic mass is 10.1. The number of nitrogens with zero attached hydrogens (tertiary/aromatic N) is 1. The zero-order valence-electron chi connectivity index (χ0n) is 9.16. The van der Waals surface area contributed by atoms with E-state index < -0.39 is 17.8 Å². The number of benzene rings is 1. The molecule has 2 rings (SSSR count). The zero-order valence-corrected chi connectivity index (χ0v) is 9.16. The highest BCUT2D eigenvalue weighted by Crippen LogP contribution is 2.22. The van der Waals surface area contributed by atoms with E-state index in [1.807, 2.05) is 0 Å². The second kappa shape index (κ2) is 4.94. The van der Waals surface area contributed by atoms with E-state index in [0.717, 1.165) is 0 Å². The van der Waals surface area contributed by atoms with E-state index >= 15 is 0 Å². The van der Waals surface area contributed by atoms with Gasteiger partial charge >= 0.3 is 5.97 Å². The molecule has 0 bridgehead atoms. The predicted molar refractivity (Wildman–Crippen MR) is 56.2 cm³/mol. The molecule has 2 amide bonds. The minimum Gasteiger partial charge on any atom is -0.481 e. The van der Waals surface area contributed by atoms with E-state index in [9.17, 15) is 14.4 Å². The van der Waals surface area contributed by atoms with Crippen LogP contribution in [0.1, 0.15) is 27.1 Å². The molecule has 0 aromatic heterocycles. The van der Waals surface area contributed by atoms with Crippen LogP contribution in [0.25, 0.3) is 0 Å². The standard InChI is InChI=1S/C11H9NO6/c13-9(14)5-6-17-18-12-10(15)7-3-1-2-4-8(7)11(12)16/h1-4H,5-6H2,(H,13,14). The molecule has 0 aliphatic carbocycles. The number of hydrogen-bond donors (Lipinski definition) is 1. The van der Waals surface area contributed by atoms with Crippen molar-refractivity contribution in [1.82, 2.24) is 5.06 Å². The second-order valence-electron chi connectivity index (χ2n) is 3.49. The third kappa shape index (κ3) is 2.22. The van der Waals surface area contributed by atoms with Gasteiger partial charge in [0.25, 0.3) is 11.8 Å². The Labute approximate surface area is 101 Å². The molecule has 0 saturated carbocycles. The Morgan fingerprint density at radius 2 is 1.72 bits per heavy atom. The minimum atomic E-state index is -1.07. The summed E-state index contributed by atoms with van der Waals surface area (Å²) in [6, 6.07) is 6.24. The van der Waals surface area contributed by atoms with Crippen molar-refractivity contribution in [3.8, 4) is 0 Å². The maximum absolute atomic E-state index is 11.7. The van der Waals surface area contributed by atoms with Crippen LogP contribution in [0, 0.1) is 0 Å². The average molecular weight is 251 g/mol. The summed E-state index contributed by atoms with van der Waals surface area (Å²) in [7, 11) is 0. The summed E-state index contributed by atoms with van der Waals surface area (Å²) >= 11 is 0. The first-order valence-electron chi connectivity index (χ1n) is 5.10. The van der Waals surface area contributed by atoms with Crippen molar-refractivity contribution in [2.24, 2.45) is 0 Å². The Morgan fingerprint density at radius 3 is 2.22 bits per heavy atom. The van der Waals surface area contributed by atoms with E-state index in [2.05, 4.69) is 9.88 Å². The Kier molecular flexibility index (Phi) is 3.35. The van der Waals surface area contributed by atoms with Crippen LogP contribution in [0.15, 0.2) is 24.3 Å². The smallest absolute Gasteiger partial charge is 0.305 e. The van der Waals surface area contributed by atoms with Crippen LogP contribution in [0.5, 0.6) is 0 Å². The number of carboxylic acid groups (broad SMARTS) is 1. The minimum absolute atomic E-state index is 0.226. The number of carbonyl (C=O) groups is 3. The normalized spacial score (nSPS) is 13.9. The molecule has 1 N–H and O–H groups in total. The van der Waals surface area contributed by atoms with Crippen molar-refractivity contribution < 1.29 is 29.4 Å². The fourth-order valence-corrected chi connectivity index (χ4v) is 1.45. The first-order valence-corrected chi connectivity index (χ1v) is 5.10. The van der Waals surface area contributed by atoms with Crippen molar-refractivity contribution in [3.63, 3.8) is 0 Å². The van der Waals surface area contributed by atoms with Crippen LogP contribution >= 0.6 is 0 Å². The Morgan fingerprint density at radius 1 is 1.17 bits per heavy atom. The molecule has 0 atom stereocenters. The molecule has 7 nitrogen and oxygen atoms in total. The molecular formula is C11H9NO6. The Balaban J connectivity index is 1.99. The van der Waals surface area contributed by atoms with E-state index in [4.69, 9.17) is 5.11 Å². The van der Waals surface area contributed by atoms with Crippen LogP contribution in [-0.4, -0.2) is 34.6 Å². The Bertz CT molecular complexity index is 477. The largest absolute Gasteiger partial charge is 0.481 e. The van der Waals surface area contributed by atoms with E-state index in [-0.39, 0.29) is 24.2 Å². The van der Waals surface area contributed by atoms with Gasteiger partial charge in [-0.2, -0.15) is 0 Å². The van der Waals surface area contributed by atoms with Crippen LogP contribution in [-0.2, 0) is 14.7 Å². The number of amides is 2. The quantitative estimate of drug-likeness (QED) is 0.357. The van der Waals surface area contributed by atoms with Gasteiger partial charge in [-0.1, -0.05) is 12.1 Å². The number of imide groups is 1. The van der Waals surface area contributed by atoms with E-state index in [0.29, 0.717) is 5.06 Å². The van der Waals surface area contributed by atoms with Gasteiger partial charge in [-0.25, -0.2) is 4.89 Å². The number of fused-ring (bicyclic) bond motifs is 1.